The SMILES string of the molecule is COCC(C)NCc1nc[nH]c1C. The fraction of sp³-hybridized carbons (Fsp3) is 0.667. The molecule has 1 atom stereocenters. The molecule has 0 aliphatic rings. The first kappa shape index (κ1) is 10.2. The Morgan fingerprint density at radius 2 is 2.46 bits per heavy atom. The summed E-state index contributed by atoms with van der Waals surface area (Å²) in [5.41, 5.74) is 2.19. The molecule has 13 heavy (non-hydrogen) atoms. The van der Waals surface area contributed by atoms with Crippen LogP contribution in [0.25, 0.3) is 0 Å². The highest BCUT2D eigenvalue weighted by molar-refractivity contribution is 5.08. The molecule has 2 N–H and O–H groups in total. The number of imidazole rings is 1. The monoisotopic (exact) mass is 183 g/mol. The minimum absolute atomic E-state index is 0.362. The molecule has 1 heterocycles. The third-order valence-electron chi connectivity index (χ3n) is 1.97. The zero-order chi connectivity index (χ0) is 9.68. The van der Waals surface area contributed by atoms with E-state index in [2.05, 4.69) is 22.2 Å². The van der Waals surface area contributed by atoms with E-state index >= 15 is 0 Å². The van der Waals surface area contributed by atoms with Gasteiger partial charge in [0, 0.05) is 25.4 Å². The minimum atomic E-state index is 0.362. The Hall–Kier alpha value is -0.870. The standard InChI is InChI=1S/C9H17N3O/c1-7(5-13-3)10-4-9-8(2)11-6-12-9/h6-7,10H,4-5H2,1-3H3,(H,11,12). The first-order valence-corrected chi connectivity index (χ1v) is 4.45. The number of aryl methyl sites for hydroxylation is 1. The van der Waals surface area contributed by atoms with E-state index in [-0.39, 0.29) is 0 Å². The Morgan fingerprint density at radius 3 is 3.00 bits per heavy atom. The quantitative estimate of drug-likeness (QED) is 0.711. The molecule has 0 fully saturated rings. The lowest BCUT2D eigenvalue weighted by atomic mass is 10.3. The largest absolute Gasteiger partial charge is 0.383 e. The molecule has 0 aliphatic heterocycles. The number of H-pyrrole nitrogens is 1. The molecule has 0 amide bonds. The number of nitrogens with one attached hydrogen (secondary N) is 2. The summed E-state index contributed by atoms with van der Waals surface area (Å²) in [7, 11) is 1.71. The molecule has 0 aliphatic carbocycles. The first-order valence-electron chi connectivity index (χ1n) is 4.45. The molecule has 0 spiro atoms. The maximum atomic E-state index is 5.01. The van der Waals surface area contributed by atoms with Crippen molar-refractivity contribution >= 4 is 0 Å². The van der Waals surface area contributed by atoms with E-state index < -0.39 is 0 Å². The molecule has 0 aromatic carbocycles. The van der Waals surface area contributed by atoms with E-state index in [0.29, 0.717) is 6.04 Å². The summed E-state index contributed by atoms with van der Waals surface area (Å²) >= 11 is 0. The molecule has 4 heteroatoms. The summed E-state index contributed by atoms with van der Waals surface area (Å²) in [4.78, 5) is 7.23. The highest BCUT2D eigenvalue weighted by Crippen LogP contribution is 1.99. The van der Waals surface area contributed by atoms with Crippen molar-refractivity contribution in [3.05, 3.63) is 17.7 Å². The predicted molar refractivity (Wildman–Crippen MR) is 51.5 cm³/mol. The average molecular weight is 183 g/mol. The smallest absolute Gasteiger partial charge is 0.0925 e. The van der Waals surface area contributed by atoms with Gasteiger partial charge in [0.25, 0.3) is 0 Å². The number of hydrogen-bond acceptors (Lipinski definition) is 3. The Balaban J connectivity index is 2.30. The van der Waals surface area contributed by atoms with Gasteiger partial charge in [0.15, 0.2) is 0 Å². The molecule has 1 aromatic rings. The van der Waals surface area contributed by atoms with Gasteiger partial charge in [-0.25, -0.2) is 4.98 Å². The average Bonchev–Trinajstić information content (AvgIpc) is 2.48. The Labute approximate surface area is 78.7 Å². The number of hydrogen-bond donors (Lipinski definition) is 2. The lowest BCUT2D eigenvalue weighted by Crippen LogP contribution is -2.29. The summed E-state index contributed by atoms with van der Waals surface area (Å²) in [6.45, 7) is 5.62. The van der Waals surface area contributed by atoms with E-state index in [1.807, 2.05) is 6.92 Å². The lowest BCUT2D eigenvalue weighted by molar-refractivity contribution is 0.171. The van der Waals surface area contributed by atoms with Gasteiger partial charge < -0.3 is 15.0 Å². The molecule has 1 rings (SSSR count). The number of rotatable bonds is 5. The van der Waals surface area contributed by atoms with Gasteiger partial charge in [-0.05, 0) is 13.8 Å². The lowest BCUT2D eigenvalue weighted by Gasteiger charge is -2.11. The van der Waals surface area contributed by atoms with Gasteiger partial charge in [-0.1, -0.05) is 0 Å². The van der Waals surface area contributed by atoms with Crippen molar-refractivity contribution in [2.75, 3.05) is 13.7 Å². The van der Waals surface area contributed by atoms with Gasteiger partial charge in [-0.3, -0.25) is 0 Å². The van der Waals surface area contributed by atoms with Gasteiger partial charge in [-0.2, -0.15) is 0 Å². The fourth-order valence-corrected chi connectivity index (χ4v) is 1.15. The summed E-state index contributed by atoms with van der Waals surface area (Å²) in [6.07, 6.45) is 1.72. The highest BCUT2D eigenvalue weighted by atomic mass is 16.5. The van der Waals surface area contributed by atoms with Crippen LogP contribution >= 0.6 is 0 Å². The molecule has 0 saturated heterocycles. The van der Waals surface area contributed by atoms with Crippen LogP contribution in [0.1, 0.15) is 18.3 Å². The third-order valence-corrected chi connectivity index (χ3v) is 1.97. The van der Waals surface area contributed by atoms with Crippen LogP contribution < -0.4 is 5.32 Å². The molecule has 4 nitrogen and oxygen atoms in total. The second kappa shape index (κ2) is 4.99. The predicted octanol–water partition coefficient (Wildman–Crippen LogP) is 0.843. The van der Waals surface area contributed by atoms with E-state index in [4.69, 9.17) is 4.74 Å². The van der Waals surface area contributed by atoms with Crippen molar-refractivity contribution < 1.29 is 4.74 Å². The summed E-state index contributed by atoms with van der Waals surface area (Å²) in [5, 5.41) is 3.32. The second-order valence-corrected chi connectivity index (χ2v) is 3.21. The van der Waals surface area contributed by atoms with Crippen LogP contribution in [0.15, 0.2) is 6.33 Å². The van der Waals surface area contributed by atoms with Gasteiger partial charge in [0.1, 0.15) is 0 Å². The molecule has 74 valence electrons. The molecule has 0 radical (unpaired) electrons. The minimum Gasteiger partial charge on any atom is -0.383 e. The van der Waals surface area contributed by atoms with Crippen LogP contribution in [0.3, 0.4) is 0 Å². The third kappa shape index (κ3) is 3.16. The zero-order valence-electron chi connectivity index (χ0n) is 8.42. The molecular weight excluding hydrogens is 166 g/mol. The molecule has 0 bridgehead atoms. The van der Waals surface area contributed by atoms with E-state index in [9.17, 15) is 0 Å². The molecule has 1 aromatic heterocycles. The number of ether oxygens (including phenoxy) is 1. The topological polar surface area (TPSA) is 49.9 Å². The van der Waals surface area contributed by atoms with Crippen LogP contribution in [0.2, 0.25) is 0 Å². The van der Waals surface area contributed by atoms with Crippen molar-refractivity contribution in [2.45, 2.75) is 26.4 Å². The second-order valence-electron chi connectivity index (χ2n) is 3.21. The zero-order valence-corrected chi connectivity index (χ0v) is 8.42. The van der Waals surface area contributed by atoms with E-state index in [1.165, 1.54) is 0 Å². The fourth-order valence-electron chi connectivity index (χ4n) is 1.15. The maximum absolute atomic E-state index is 5.01. The normalized spacial score (nSPS) is 13.2. The maximum Gasteiger partial charge on any atom is 0.0925 e. The van der Waals surface area contributed by atoms with Crippen molar-refractivity contribution in [3.63, 3.8) is 0 Å². The van der Waals surface area contributed by atoms with Crippen molar-refractivity contribution in [3.8, 4) is 0 Å². The molecule has 0 saturated carbocycles. The Morgan fingerprint density at radius 1 is 1.69 bits per heavy atom. The van der Waals surface area contributed by atoms with Gasteiger partial charge >= 0.3 is 0 Å². The Bertz CT molecular complexity index is 247. The number of methoxy groups -OCH3 is 1. The summed E-state index contributed by atoms with van der Waals surface area (Å²) < 4.78 is 5.01. The molecular formula is C9H17N3O. The van der Waals surface area contributed by atoms with Gasteiger partial charge in [0.2, 0.25) is 0 Å². The summed E-state index contributed by atoms with van der Waals surface area (Å²) in [5.74, 6) is 0. The van der Waals surface area contributed by atoms with Crippen molar-refractivity contribution in [2.24, 2.45) is 0 Å². The van der Waals surface area contributed by atoms with Gasteiger partial charge in [-0.15, -0.1) is 0 Å². The van der Waals surface area contributed by atoms with Gasteiger partial charge in [0.05, 0.1) is 18.6 Å². The van der Waals surface area contributed by atoms with E-state index in [0.717, 1.165) is 24.5 Å². The van der Waals surface area contributed by atoms with Crippen LogP contribution in [0, 0.1) is 6.92 Å². The van der Waals surface area contributed by atoms with Crippen LogP contribution in [-0.2, 0) is 11.3 Å². The van der Waals surface area contributed by atoms with Crippen LogP contribution in [0.5, 0.6) is 0 Å². The molecule has 1 unspecified atom stereocenters. The first-order chi connectivity index (χ1) is 6.24. The van der Waals surface area contributed by atoms with Crippen molar-refractivity contribution in [1.82, 2.24) is 15.3 Å². The number of aromatic amines is 1. The highest BCUT2D eigenvalue weighted by Gasteiger charge is 2.03. The number of nitrogens with zero attached hydrogens (tertiary/aromatic N) is 1. The Kier molecular flexibility index (Phi) is 3.92. The van der Waals surface area contributed by atoms with Crippen molar-refractivity contribution in [1.29, 1.82) is 0 Å². The van der Waals surface area contributed by atoms with E-state index in [1.54, 1.807) is 13.4 Å². The van der Waals surface area contributed by atoms with Crippen LogP contribution in [0.4, 0.5) is 0 Å². The number of aromatic nitrogens is 2. The summed E-state index contributed by atoms with van der Waals surface area (Å²) in [6, 6.07) is 0.362. The van der Waals surface area contributed by atoms with Crippen LogP contribution in [-0.4, -0.2) is 29.7 Å².